The molecule has 2 rings (SSSR count). The van der Waals surface area contributed by atoms with Crippen molar-refractivity contribution in [1.82, 2.24) is 19.5 Å². The minimum Gasteiger partial charge on any atom is -0.259 e. The van der Waals surface area contributed by atoms with Crippen LogP contribution in [0.5, 0.6) is 0 Å². The van der Waals surface area contributed by atoms with Crippen LogP contribution in [0.1, 0.15) is 11.3 Å². The number of aryl methyl sites for hydroxylation is 1. The summed E-state index contributed by atoms with van der Waals surface area (Å²) >= 11 is 0. The molecule has 2 aromatic heterocycles. The van der Waals surface area contributed by atoms with Crippen LogP contribution in [0.2, 0.25) is 0 Å². The van der Waals surface area contributed by atoms with Gasteiger partial charge in [-0.3, -0.25) is 4.98 Å². The van der Waals surface area contributed by atoms with Crippen molar-refractivity contribution in [3.05, 3.63) is 41.7 Å². The molecule has 1 N–H and O–H groups in total. The van der Waals surface area contributed by atoms with Gasteiger partial charge in [0.1, 0.15) is 12.4 Å². The molecule has 128 valence electrons. The van der Waals surface area contributed by atoms with Crippen molar-refractivity contribution in [2.75, 3.05) is 6.54 Å². The molecular weight excluding hydrogens is 352 g/mol. The molecule has 0 spiro atoms. The number of aromatic nitrogens is 3. The van der Waals surface area contributed by atoms with E-state index in [0.29, 0.717) is 5.69 Å². The first-order chi connectivity index (χ1) is 11.1. The Bertz CT molecular complexity index is 910. The van der Waals surface area contributed by atoms with E-state index in [-0.39, 0.29) is 11.3 Å². The molecule has 0 radical (unpaired) electrons. The Hall–Kier alpha value is -2.45. The number of nitrogens with one attached hydrogen (secondary N) is 1. The van der Waals surface area contributed by atoms with Gasteiger partial charge in [-0.15, -0.1) is 0 Å². The fourth-order valence-corrected chi connectivity index (χ4v) is 2.25. The number of nitrogens with zero attached hydrogens (tertiary/aromatic N) is 3. The average Bonchev–Trinajstić information content (AvgIpc) is 2.84. The molecule has 0 atom stereocenters. The summed E-state index contributed by atoms with van der Waals surface area (Å²) in [4.78, 5) is 3.65. The maximum Gasteiger partial charge on any atom is 0.402 e. The van der Waals surface area contributed by atoms with Crippen LogP contribution in [0.25, 0.3) is 5.69 Å². The third-order valence-electron chi connectivity index (χ3n) is 2.64. The second-order valence-electron chi connectivity index (χ2n) is 4.60. The molecule has 6 nitrogen and oxygen atoms in total. The van der Waals surface area contributed by atoms with Gasteiger partial charge in [0, 0.05) is 17.5 Å². The fourth-order valence-electron chi connectivity index (χ4n) is 1.58. The predicted octanol–water partition coefficient (Wildman–Crippen LogP) is 1.51. The van der Waals surface area contributed by atoms with E-state index in [0.717, 1.165) is 12.3 Å². The summed E-state index contributed by atoms with van der Waals surface area (Å²) in [5.74, 6) is 1.64. The number of sulfonamides is 1. The number of rotatable bonds is 3. The monoisotopic (exact) mass is 362 g/mol. The van der Waals surface area contributed by atoms with E-state index in [2.05, 4.69) is 16.0 Å². The van der Waals surface area contributed by atoms with Crippen LogP contribution in [0.15, 0.2) is 24.7 Å². The number of hydrogen-bond acceptors (Lipinski definition) is 4. The van der Waals surface area contributed by atoms with Gasteiger partial charge in [-0.05, 0) is 12.8 Å². The molecule has 0 amide bonds. The topological polar surface area (TPSA) is 76.9 Å². The second-order valence-corrected chi connectivity index (χ2v) is 6.10. The lowest BCUT2D eigenvalue weighted by molar-refractivity contribution is -0.121. The third kappa shape index (κ3) is 5.04. The van der Waals surface area contributed by atoms with Gasteiger partial charge >= 0.3 is 6.18 Å². The van der Waals surface area contributed by atoms with Gasteiger partial charge in [-0.25, -0.2) is 9.07 Å². The maximum absolute atomic E-state index is 13.1. The summed E-state index contributed by atoms with van der Waals surface area (Å²) in [6.07, 6.45) is -1.04. The van der Waals surface area contributed by atoms with E-state index in [1.807, 2.05) is 0 Å². The molecule has 0 saturated carbocycles. The van der Waals surface area contributed by atoms with Gasteiger partial charge in [0.05, 0.1) is 29.3 Å². The van der Waals surface area contributed by atoms with Gasteiger partial charge in [-0.1, -0.05) is 0 Å². The number of halogens is 4. The highest BCUT2D eigenvalue weighted by Crippen LogP contribution is 2.13. The molecule has 0 saturated heterocycles. The third-order valence-corrected chi connectivity index (χ3v) is 3.53. The molecule has 0 aromatic carbocycles. The average molecular weight is 362 g/mol. The summed E-state index contributed by atoms with van der Waals surface area (Å²) in [6.45, 7) is -0.194. The molecule has 0 unspecified atom stereocenters. The van der Waals surface area contributed by atoms with E-state index in [4.69, 9.17) is 0 Å². The number of pyridine rings is 1. The number of alkyl halides is 3. The smallest absolute Gasteiger partial charge is 0.259 e. The molecule has 0 fully saturated rings. The summed E-state index contributed by atoms with van der Waals surface area (Å²) in [7, 11) is -4.43. The van der Waals surface area contributed by atoms with Crippen LogP contribution in [0, 0.1) is 23.9 Å². The minimum atomic E-state index is -4.68. The minimum absolute atomic E-state index is 0.164. The molecule has 0 aliphatic heterocycles. The lowest BCUT2D eigenvalue weighted by Crippen LogP contribution is -2.32. The number of hydrogen-bond donors (Lipinski definition) is 1. The van der Waals surface area contributed by atoms with Crippen molar-refractivity contribution in [3.63, 3.8) is 0 Å². The second kappa shape index (κ2) is 6.58. The van der Waals surface area contributed by atoms with Gasteiger partial charge < -0.3 is 0 Å². The maximum atomic E-state index is 13.1. The molecule has 11 heteroatoms. The Balaban J connectivity index is 2.23. The molecule has 0 aliphatic rings. The van der Waals surface area contributed by atoms with E-state index in [1.54, 1.807) is 5.25 Å². The van der Waals surface area contributed by atoms with Crippen LogP contribution in [-0.2, 0) is 10.0 Å². The first-order valence-corrected chi connectivity index (χ1v) is 7.80. The SMILES string of the molecule is Cc1nn(-c2cncc(F)c2)cc1C#CS(=O)(=O)NCC(F)(F)F. The van der Waals surface area contributed by atoms with Crippen LogP contribution in [0.3, 0.4) is 0 Å². The van der Waals surface area contributed by atoms with Crippen LogP contribution >= 0.6 is 0 Å². The largest absolute Gasteiger partial charge is 0.402 e. The zero-order valence-corrected chi connectivity index (χ0v) is 12.9. The van der Waals surface area contributed by atoms with Gasteiger partial charge in [0.25, 0.3) is 10.0 Å². The van der Waals surface area contributed by atoms with Crippen molar-refractivity contribution in [2.45, 2.75) is 13.1 Å². The van der Waals surface area contributed by atoms with Crippen molar-refractivity contribution in [2.24, 2.45) is 0 Å². The van der Waals surface area contributed by atoms with Gasteiger partial charge in [-0.2, -0.15) is 31.4 Å². The van der Waals surface area contributed by atoms with Crippen LogP contribution in [-0.4, -0.2) is 35.9 Å². The zero-order valence-electron chi connectivity index (χ0n) is 12.1. The van der Waals surface area contributed by atoms with E-state index in [9.17, 15) is 26.0 Å². The lowest BCUT2D eigenvalue weighted by Gasteiger charge is -2.04. The standard InChI is InChI=1S/C13H10F4N4O2S/c1-9-10(2-3-24(22,23)19-8-13(15,16)17)7-21(20-9)12-4-11(14)5-18-6-12/h4-7,19H,8H2,1H3. The molecule has 2 heterocycles. The Morgan fingerprint density at radius 1 is 1.33 bits per heavy atom. The lowest BCUT2D eigenvalue weighted by atomic mass is 10.3. The normalized spacial score (nSPS) is 11.9. The first kappa shape index (κ1) is 17.9. The Labute approximate surface area is 134 Å². The highest BCUT2D eigenvalue weighted by molar-refractivity contribution is 7.94. The molecule has 0 aliphatic carbocycles. The molecular formula is C13H10F4N4O2S. The predicted molar refractivity (Wildman–Crippen MR) is 75.9 cm³/mol. The fraction of sp³-hybridized carbons (Fsp3) is 0.231. The Morgan fingerprint density at radius 2 is 2.04 bits per heavy atom. The van der Waals surface area contributed by atoms with Crippen molar-refractivity contribution < 1.29 is 26.0 Å². The van der Waals surface area contributed by atoms with Crippen molar-refractivity contribution in [3.8, 4) is 16.9 Å². The summed E-state index contributed by atoms with van der Waals surface area (Å²) in [5, 5.41) is 5.75. The molecule has 0 bridgehead atoms. The first-order valence-electron chi connectivity index (χ1n) is 6.32. The van der Waals surface area contributed by atoms with E-state index < -0.39 is 28.6 Å². The Kier molecular flexibility index (Phi) is 4.91. The Morgan fingerprint density at radius 3 is 2.67 bits per heavy atom. The summed E-state index contributed by atoms with van der Waals surface area (Å²) < 4.78 is 74.5. The van der Waals surface area contributed by atoms with Crippen LogP contribution in [0.4, 0.5) is 17.6 Å². The van der Waals surface area contributed by atoms with E-state index >= 15 is 0 Å². The quantitative estimate of drug-likeness (QED) is 0.663. The highest BCUT2D eigenvalue weighted by Gasteiger charge is 2.28. The van der Waals surface area contributed by atoms with Gasteiger partial charge in [0.15, 0.2) is 0 Å². The molecule has 24 heavy (non-hydrogen) atoms. The summed E-state index contributed by atoms with van der Waals surface area (Å²) in [5.41, 5.74) is 0.763. The van der Waals surface area contributed by atoms with Crippen molar-refractivity contribution in [1.29, 1.82) is 0 Å². The molecule has 2 aromatic rings. The van der Waals surface area contributed by atoms with Crippen molar-refractivity contribution >= 4 is 10.0 Å². The summed E-state index contributed by atoms with van der Waals surface area (Å²) in [6, 6.07) is 1.15. The van der Waals surface area contributed by atoms with Gasteiger partial charge in [0.2, 0.25) is 0 Å². The van der Waals surface area contributed by atoms with Crippen LogP contribution < -0.4 is 4.72 Å². The highest BCUT2D eigenvalue weighted by atomic mass is 32.2. The zero-order chi connectivity index (χ0) is 18.0. The van der Waals surface area contributed by atoms with E-state index in [1.165, 1.54) is 28.7 Å².